The number of imidazole rings is 1. The summed E-state index contributed by atoms with van der Waals surface area (Å²) in [5.41, 5.74) is 18.4. The lowest BCUT2D eigenvalue weighted by Gasteiger charge is -2.32. The molecule has 1 aromatic heterocycles. The lowest BCUT2D eigenvalue weighted by atomic mass is 9.96. The number of aliphatic imine (C=N–C) groups is 1. The van der Waals surface area contributed by atoms with Crippen LogP contribution in [0.1, 0.15) is 35.7 Å². The van der Waals surface area contributed by atoms with E-state index in [1.54, 1.807) is 36.5 Å². The third-order valence-electron chi connectivity index (χ3n) is 8.16. The van der Waals surface area contributed by atoms with Crippen molar-refractivity contribution in [3.8, 4) is 5.75 Å². The highest BCUT2D eigenvalue weighted by Gasteiger charge is 2.38. The van der Waals surface area contributed by atoms with E-state index < -0.39 is 72.5 Å². The molecule has 2 heterocycles. The number of guanidine groups is 1. The minimum absolute atomic E-state index is 0.0382. The van der Waals surface area contributed by atoms with Gasteiger partial charge in [0.1, 0.15) is 29.9 Å². The molecule has 51 heavy (non-hydrogen) atoms. The van der Waals surface area contributed by atoms with Crippen molar-refractivity contribution in [2.45, 2.75) is 61.9 Å². The van der Waals surface area contributed by atoms with Crippen molar-refractivity contribution in [1.29, 1.82) is 0 Å². The van der Waals surface area contributed by atoms with Gasteiger partial charge in [-0.15, -0.1) is 0 Å². The van der Waals surface area contributed by atoms with E-state index in [1.165, 1.54) is 35.2 Å². The monoisotopic (exact) mass is 706 g/mol. The first kappa shape index (κ1) is 37.8. The van der Waals surface area contributed by atoms with Gasteiger partial charge >= 0.3 is 5.97 Å². The molecule has 0 aliphatic carbocycles. The van der Waals surface area contributed by atoms with Crippen molar-refractivity contribution in [3.05, 3.63) is 83.9 Å². The van der Waals surface area contributed by atoms with Crippen molar-refractivity contribution >= 4 is 35.6 Å². The van der Waals surface area contributed by atoms with Gasteiger partial charge in [-0.05, 0) is 36.1 Å². The average molecular weight is 707 g/mol. The molecule has 272 valence electrons. The van der Waals surface area contributed by atoms with E-state index in [1.807, 2.05) is 0 Å². The van der Waals surface area contributed by atoms with Gasteiger partial charge in [-0.2, -0.15) is 0 Å². The zero-order chi connectivity index (χ0) is 37.1. The summed E-state index contributed by atoms with van der Waals surface area (Å²) in [5.74, 6) is -4.95. The predicted octanol–water partition coefficient (Wildman–Crippen LogP) is -2.63. The summed E-state index contributed by atoms with van der Waals surface area (Å²) in [4.78, 5) is 74.8. The van der Waals surface area contributed by atoms with Crippen LogP contribution >= 0.6 is 0 Å². The summed E-state index contributed by atoms with van der Waals surface area (Å²) < 4.78 is 1.51. The maximum atomic E-state index is 14.4. The summed E-state index contributed by atoms with van der Waals surface area (Å²) in [6, 6.07) is 6.55. The molecule has 0 saturated carbocycles. The van der Waals surface area contributed by atoms with Crippen molar-refractivity contribution in [1.82, 2.24) is 30.8 Å². The number of aromatic nitrogens is 2. The number of aliphatic carboxylic acids is 1. The first-order valence-electron chi connectivity index (χ1n) is 16.1. The number of carboxylic acid groups (broad SMARTS) is 1. The number of nitrogens with two attached hydrogens (primary N) is 3. The van der Waals surface area contributed by atoms with E-state index in [2.05, 4.69) is 31.2 Å². The molecular weight excluding hydrogens is 664 g/mol. The fraction of sp³-hybridized carbons (Fsp3) is 0.364. The van der Waals surface area contributed by atoms with Crippen LogP contribution < -0.4 is 38.5 Å². The molecule has 0 saturated heterocycles. The Morgan fingerprint density at radius 3 is 2.35 bits per heavy atom. The minimum atomic E-state index is -1.53. The first-order chi connectivity index (χ1) is 24.4. The van der Waals surface area contributed by atoms with Crippen LogP contribution in [0.25, 0.3) is 0 Å². The molecule has 18 heteroatoms. The largest absolute Gasteiger partial charge is 0.508 e. The number of aromatic hydroxyl groups is 1. The van der Waals surface area contributed by atoms with E-state index >= 15 is 0 Å². The number of phenolic OH excluding ortho intramolecular Hbond substituents is 1. The Kier molecular flexibility index (Phi) is 13.0. The second-order valence-electron chi connectivity index (χ2n) is 12.0. The van der Waals surface area contributed by atoms with Crippen LogP contribution in [0, 0.1) is 0 Å². The van der Waals surface area contributed by atoms with Crippen molar-refractivity contribution in [3.63, 3.8) is 0 Å². The smallest absolute Gasteiger partial charge is 0.326 e. The van der Waals surface area contributed by atoms with Crippen molar-refractivity contribution in [2.24, 2.45) is 22.2 Å². The SMILES string of the molecule is NC(N)=NCCCC(NC(=O)C1NC(=O)C(CO)NC(=O)C(N)Cc2cn(cn2)C1c1ccc(O)cc1)C(=O)NC(Cc1ccccc1)C(=O)O. The van der Waals surface area contributed by atoms with Gasteiger partial charge in [0.25, 0.3) is 0 Å². The molecule has 18 nitrogen and oxygen atoms in total. The van der Waals surface area contributed by atoms with E-state index in [0.717, 1.165) is 0 Å². The number of hydrogen-bond acceptors (Lipinski definition) is 10. The highest BCUT2D eigenvalue weighted by Crippen LogP contribution is 2.26. The number of carboxylic acids is 1. The van der Waals surface area contributed by atoms with E-state index in [9.17, 15) is 39.3 Å². The standard InChI is InChI=1S/C33H42N10O8/c34-22-14-20-15-43(17-38-20)27(19-8-10-21(45)11-9-19)26(42-30(48)25(16-44)41-28(22)46)31(49)39-23(7-4-12-37-33(35)36)29(47)40-24(32(50)51)13-18-5-2-1-3-6-18/h1-3,5-6,8-11,15,17,22-27,44-45H,4,7,12-14,16,34H2,(H,39,49)(H,40,47)(H,41,46)(H,42,48)(H,50,51)(H4,35,36,37). The normalized spacial score (nSPS) is 20.3. The summed E-state index contributed by atoms with van der Waals surface area (Å²) in [6.07, 6.45) is 2.99. The van der Waals surface area contributed by atoms with E-state index in [0.29, 0.717) is 16.8 Å². The number of hydrogen-bond donors (Lipinski definition) is 10. The average Bonchev–Trinajstić information content (AvgIpc) is 3.55. The van der Waals surface area contributed by atoms with Crippen molar-refractivity contribution in [2.75, 3.05) is 13.2 Å². The fourth-order valence-electron chi connectivity index (χ4n) is 5.53. The van der Waals surface area contributed by atoms with Gasteiger partial charge < -0.3 is 58.4 Å². The Morgan fingerprint density at radius 2 is 1.71 bits per heavy atom. The van der Waals surface area contributed by atoms with Gasteiger partial charge in [0.15, 0.2) is 5.96 Å². The lowest BCUT2D eigenvalue weighted by molar-refractivity contribution is -0.142. The second-order valence-corrected chi connectivity index (χ2v) is 12.0. The Bertz CT molecular complexity index is 1710. The highest BCUT2D eigenvalue weighted by molar-refractivity contribution is 5.96. The number of phenols is 1. The zero-order valence-corrected chi connectivity index (χ0v) is 27.5. The fourth-order valence-corrected chi connectivity index (χ4v) is 5.53. The Labute approximate surface area is 292 Å². The quantitative estimate of drug-likeness (QED) is 0.0496. The molecule has 3 aromatic rings. The van der Waals surface area contributed by atoms with Gasteiger partial charge in [-0.3, -0.25) is 24.2 Å². The molecular formula is C33H42N10O8. The van der Waals surface area contributed by atoms with E-state index in [4.69, 9.17) is 17.2 Å². The summed E-state index contributed by atoms with van der Waals surface area (Å²) >= 11 is 0. The number of aliphatic hydroxyl groups excluding tert-OH is 1. The third kappa shape index (κ3) is 10.5. The number of nitrogens with one attached hydrogen (secondary N) is 4. The van der Waals surface area contributed by atoms with Crippen LogP contribution in [-0.4, -0.2) is 104 Å². The van der Waals surface area contributed by atoms with Crippen LogP contribution in [-0.2, 0) is 36.8 Å². The number of carbonyl (C=O) groups is 5. The lowest BCUT2D eigenvalue weighted by Crippen LogP contribution is -2.61. The molecule has 1 aliphatic heterocycles. The molecule has 13 N–H and O–H groups in total. The number of carbonyl (C=O) groups excluding carboxylic acids is 4. The molecule has 1 aliphatic rings. The first-order valence-corrected chi connectivity index (χ1v) is 16.1. The molecule has 0 spiro atoms. The predicted molar refractivity (Wildman–Crippen MR) is 183 cm³/mol. The van der Waals surface area contributed by atoms with Gasteiger partial charge in [0, 0.05) is 25.6 Å². The Morgan fingerprint density at radius 1 is 1.00 bits per heavy atom. The number of benzene rings is 2. The summed E-state index contributed by atoms with van der Waals surface area (Å²) in [5, 5.41) is 40.1. The Hall–Kier alpha value is -6.01. The minimum Gasteiger partial charge on any atom is -0.508 e. The molecule has 0 radical (unpaired) electrons. The van der Waals surface area contributed by atoms with Crippen LogP contribution in [0.3, 0.4) is 0 Å². The summed E-state index contributed by atoms with van der Waals surface area (Å²) in [7, 11) is 0. The maximum Gasteiger partial charge on any atom is 0.326 e. The third-order valence-corrected chi connectivity index (χ3v) is 8.16. The molecule has 6 atom stereocenters. The molecule has 6 unspecified atom stereocenters. The van der Waals surface area contributed by atoms with Gasteiger partial charge in [0.2, 0.25) is 23.6 Å². The van der Waals surface area contributed by atoms with Crippen LogP contribution in [0.4, 0.5) is 0 Å². The van der Waals surface area contributed by atoms with Gasteiger partial charge in [-0.1, -0.05) is 42.5 Å². The van der Waals surface area contributed by atoms with E-state index in [-0.39, 0.29) is 43.9 Å². The second kappa shape index (κ2) is 17.6. The van der Waals surface area contributed by atoms with Crippen LogP contribution in [0.15, 0.2) is 72.1 Å². The molecule has 2 aromatic carbocycles. The number of amides is 4. The number of aliphatic hydroxyl groups is 1. The molecule has 4 amide bonds. The molecule has 4 rings (SSSR count). The maximum absolute atomic E-state index is 14.4. The Balaban J connectivity index is 1.72. The number of rotatable bonds is 13. The number of fused-ring (bicyclic) bond motifs is 2. The van der Waals surface area contributed by atoms with Gasteiger partial charge in [0.05, 0.1) is 30.7 Å². The van der Waals surface area contributed by atoms with Crippen LogP contribution in [0.5, 0.6) is 5.75 Å². The molecule has 0 fully saturated rings. The van der Waals surface area contributed by atoms with Crippen LogP contribution in [0.2, 0.25) is 0 Å². The highest BCUT2D eigenvalue weighted by atomic mass is 16.4. The zero-order valence-electron chi connectivity index (χ0n) is 27.5. The summed E-state index contributed by atoms with van der Waals surface area (Å²) in [6.45, 7) is -0.748. The number of nitrogens with zero attached hydrogens (tertiary/aromatic N) is 3. The van der Waals surface area contributed by atoms with Crippen molar-refractivity contribution < 1.29 is 39.3 Å². The van der Waals surface area contributed by atoms with Gasteiger partial charge in [-0.25, -0.2) is 9.78 Å². The molecule has 2 bridgehead atoms. The topological polar surface area (TPSA) is 302 Å².